The van der Waals surface area contributed by atoms with Gasteiger partial charge in [-0.2, -0.15) is 0 Å². The lowest BCUT2D eigenvalue weighted by molar-refractivity contribution is -0.136. The fraction of sp³-hybridized carbons (Fsp3) is 0.471. The van der Waals surface area contributed by atoms with Gasteiger partial charge in [-0.3, -0.25) is 34.3 Å². The van der Waals surface area contributed by atoms with Crippen molar-refractivity contribution < 1.29 is 23.6 Å². The number of benzene rings is 2. The lowest BCUT2D eigenvalue weighted by Crippen LogP contribution is -2.54. The summed E-state index contributed by atoms with van der Waals surface area (Å²) >= 11 is 6.20. The zero-order chi connectivity index (χ0) is 30.9. The van der Waals surface area contributed by atoms with Crippen LogP contribution in [0.1, 0.15) is 85.1 Å². The maximum absolute atomic E-state index is 15.6. The van der Waals surface area contributed by atoms with Crippen LogP contribution >= 0.6 is 11.6 Å². The molecule has 0 radical (unpaired) electrons. The molecule has 0 spiro atoms. The summed E-state index contributed by atoms with van der Waals surface area (Å²) in [4.78, 5) is 56.1. The van der Waals surface area contributed by atoms with Gasteiger partial charge in [-0.15, -0.1) is 0 Å². The number of piperazine rings is 1. The van der Waals surface area contributed by atoms with Crippen LogP contribution in [-0.2, 0) is 9.59 Å². The van der Waals surface area contributed by atoms with Crippen LogP contribution in [0.2, 0.25) is 5.02 Å². The fourth-order valence-corrected chi connectivity index (χ4v) is 7.98. The van der Waals surface area contributed by atoms with Crippen LogP contribution in [0.25, 0.3) is 5.57 Å². The summed E-state index contributed by atoms with van der Waals surface area (Å²) in [6.45, 7) is 6.80. The lowest BCUT2D eigenvalue weighted by Gasteiger charge is -2.44. The summed E-state index contributed by atoms with van der Waals surface area (Å²) in [5, 5.41) is 2.93. The van der Waals surface area contributed by atoms with E-state index in [-0.39, 0.29) is 41.5 Å². The number of nitrogens with zero attached hydrogens (tertiary/aromatic N) is 3. The highest BCUT2D eigenvalue weighted by Crippen LogP contribution is 2.45. The zero-order valence-electron chi connectivity index (χ0n) is 25.0. The van der Waals surface area contributed by atoms with Gasteiger partial charge in [-0.1, -0.05) is 43.2 Å². The summed E-state index contributed by atoms with van der Waals surface area (Å²) in [6, 6.07) is 10.2. The van der Waals surface area contributed by atoms with Gasteiger partial charge in [-0.25, -0.2) is 4.39 Å². The minimum Gasteiger partial charge on any atom is -0.366 e. The number of nitrogens with one attached hydrogen (secondary N) is 1. The van der Waals surface area contributed by atoms with Gasteiger partial charge in [0.25, 0.3) is 11.8 Å². The molecule has 2 bridgehead atoms. The van der Waals surface area contributed by atoms with Crippen molar-refractivity contribution in [1.29, 1.82) is 0 Å². The Morgan fingerprint density at radius 2 is 1.59 bits per heavy atom. The average molecular weight is 619 g/mol. The second-order valence-electron chi connectivity index (χ2n) is 13.7. The summed E-state index contributed by atoms with van der Waals surface area (Å²) in [6.07, 6.45) is 5.33. The summed E-state index contributed by atoms with van der Waals surface area (Å²) < 4.78 is 15.6. The Morgan fingerprint density at radius 3 is 2.25 bits per heavy atom. The van der Waals surface area contributed by atoms with Crippen LogP contribution in [0.5, 0.6) is 0 Å². The monoisotopic (exact) mass is 618 g/mol. The van der Waals surface area contributed by atoms with Crippen LogP contribution in [0.4, 0.5) is 10.1 Å². The number of fused-ring (bicyclic) bond motifs is 3. The number of allylic oxidation sites excluding steroid dienone is 1. The number of piperidine rings is 1. The second kappa shape index (κ2) is 10.8. The van der Waals surface area contributed by atoms with E-state index in [9.17, 15) is 19.2 Å². The van der Waals surface area contributed by atoms with E-state index in [0.29, 0.717) is 18.8 Å². The number of carbonyl (C=O) groups excluding carboxylic acids is 4. The first-order valence-corrected chi connectivity index (χ1v) is 15.9. The Labute approximate surface area is 261 Å². The minimum atomic E-state index is -1.08. The molecule has 1 N–H and O–H groups in total. The quantitative estimate of drug-likeness (QED) is 0.464. The highest BCUT2D eigenvalue weighted by atomic mass is 35.5. The van der Waals surface area contributed by atoms with Crippen molar-refractivity contribution in [2.24, 2.45) is 5.41 Å². The van der Waals surface area contributed by atoms with Gasteiger partial charge in [0, 0.05) is 43.2 Å². The average Bonchev–Trinajstić information content (AvgIpc) is 3.34. The Kier molecular flexibility index (Phi) is 7.16. The van der Waals surface area contributed by atoms with Gasteiger partial charge in [0.2, 0.25) is 11.8 Å². The normalized spacial score (nSPS) is 26.9. The van der Waals surface area contributed by atoms with E-state index in [1.807, 2.05) is 17.0 Å². The molecule has 4 amide bonds. The van der Waals surface area contributed by atoms with Gasteiger partial charge in [0.1, 0.15) is 11.9 Å². The third-order valence-corrected chi connectivity index (χ3v) is 10.5. The van der Waals surface area contributed by atoms with Gasteiger partial charge >= 0.3 is 0 Å². The molecule has 1 aliphatic carbocycles. The molecule has 2 aromatic rings. The Hall–Kier alpha value is -3.56. The molecule has 4 heterocycles. The van der Waals surface area contributed by atoms with Crippen LogP contribution in [-0.4, -0.2) is 71.2 Å². The predicted molar refractivity (Wildman–Crippen MR) is 165 cm³/mol. The van der Waals surface area contributed by atoms with E-state index in [2.05, 4.69) is 36.2 Å². The number of halogens is 2. The highest BCUT2D eigenvalue weighted by molar-refractivity contribution is 6.30. The van der Waals surface area contributed by atoms with Crippen molar-refractivity contribution in [3.8, 4) is 0 Å². The second-order valence-corrected chi connectivity index (χ2v) is 14.1. The molecule has 0 aromatic heterocycles. The number of amides is 4. The number of anilines is 1. The molecule has 2 aromatic carbocycles. The summed E-state index contributed by atoms with van der Waals surface area (Å²) in [5.41, 5.74) is 4.72. The third kappa shape index (κ3) is 5.04. The SMILES string of the molecule is CC1(C)CCC(CN2C3CCC2CN(c2cc4c(cc2F)C(=O)N(C2CCC(=O)NC2=O)C4=O)C3)=C(c2ccc(Cl)cc2)C1. The van der Waals surface area contributed by atoms with Crippen molar-refractivity contribution in [3.05, 3.63) is 69.5 Å². The zero-order valence-corrected chi connectivity index (χ0v) is 25.8. The van der Waals surface area contributed by atoms with Crippen molar-refractivity contribution in [2.75, 3.05) is 24.5 Å². The third-order valence-electron chi connectivity index (χ3n) is 10.2. The number of rotatable bonds is 5. The molecule has 0 saturated carbocycles. The maximum Gasteiger partial charge on any atom is 0.262 e. The van der Waals surface area contributed by atoms with Crippen LogP contribution < -0.4 is 10.2 Å². The molecule has 3 atom stereocenters. The van der Waals surface area contributed by atoms with E-state index >= 15 is 4.39 Å². The number of imide groups is 2. The molecule has 3 fully saturated rings. The van der Waals surface area contributed by atoms with Crippen molar-refractivity contribution in [1.82, 2.24) is 15.1 Å². The Morgan fingerprint density at radius 1 is 0.932 bits per heavy atom. The topological polar surface area (TPSA) is 90.0 Å². The van der Waals surface area contributed by atoms with E-state index < -0.39 is 35.5 Å². The number of hydrogen-bond donors (Lipinski definition) is 1. The maximum atomic E-state index is 15.6. The largest absolute Gasteiger partial charge is 0.366 e. The van der Waals surface area contributed by atoms with Gasteiger partial charge in [-0.05, 0) is 79.3 Å². The molecule has 4 aliphatic heterocycles. The van der Waals surface area contributed by atoms with Crippen molar-refractivity contribution in [2.45, 2.75) is 76.9 Å². The first-order chi connectivity index (χ1) is 21.0. The molecule has 3 saturated heterocycles. The molecule has 3 unspecified atom stereocenters. The van der Waals surface area contributed by atoms with E-state index in [1.165, 1.54) is 22.8 Å². The first kappa shape index (κ1) is 29.2. The molecule has 8 nitrogen and oxygen atoms in total. The van der Waals surface area contributed by atoms with E-state index in [4.69, 9.17) is 11.6 Å². The molecular formula is C34H36ClFN4O4. The first-order valence-electron chi connectivity index (χ1n) is 15.5. The fourth-order valence-electron chi connectivity index (χ4n) is 7.85. The van der Waals surface area contributed by atoms with Crippen LogP contribution in [0.3, 0.4) is 0 Å². The van der Waals surface area contributed by atoms with Crippen molar-refractivity contribution in [3.63, 3.8) is 0 Å². The van der Waals surface area contributed by atoms with E-state index in [1.54, 1.807) is 0 Å². The lowest BCUT2D eigenvalue weighted by atomic mass is 9.72. The molecule has 7 rings (SSSR count). The minimum absolute atomic E-state index is 0.0341. The molecule has 10 heteroatoms. The summed E-state index contributed by atoms with van der Waals surface area (Å²) in [7, 11) is 0. The van der Waals surface area contributed by atoms with Crippen LogP contribution in [0, 0.1) is 11.2 Å². The Bertz CT molecular complexity index is 1610. The molecule has 5 aliphatic rings. The molecule has 44 heavy (non-hydrogen) atoms. The summed E-state index contributed by atoms with van der Waals surface area (Å²) in [5.74, 6) is -2.99. The standard InChI is InChI=1S/C34H36ClFN4O4/c1-34(2)12-11-20(26(15-34)19-3-5-21(35)6-4-19)16-39-22-7-8-23(39)18-38(17-22)29-14-25-24(13-27(29)36)32(43)40(33(25)44)28-9-10-30(41)37-31(28)42/h3-6,13-14,22-23,28H,7-12,15-18H2,1-2H3,(H,37,41,42). The smallest absolute Gasteiger partial charge is 0.262 e. The van der Waals surface area contributed by atoms with Gasteiger partial charge < -0.3 is 4.90 Å². The Balaban J connectivity index is 1.12. The highest BCUT2D eigenvalue weighted by Gasteiger charge is 2.46. The van der Waals surface area contributed by atoms with Gasteiger partial charge in [0.15, 0.2) is 0 Å². The number of hydrogen-bond acceptors (Lipinski definition) is 6. The van der Waals surface area contributed by atoms with E-state index in [0.717, 1.165) is 54.6 Å². The molecule has 230 valence electrons. The van der Waals surface area contributed by atoms with Crippen LogP contribution in [0.15, 0.2) is 42.0 Å². The predicted octanol–water partition coefficient (Wildman–Crippen LogP) is 5.20. The van der Waals surface area contributed by atoms with Gasteiger partial charge in [0.05, 0.1) is 16.8 Å². The van der Waals surface area contributed by atoms with Crippen molar-refractivity contribution >= 4 is 46.5 Å². The number of carbonyl (C=O) groups is 4. The molecular weight excluding hydrogens is 583 g/mol.